The fourth-order valence-electron chi connectivity index (χ4n) is 4.46. The van der Waals surface area contributed by atoms with Gasteiger partial charge in [-0.15, -0.1) is 0 Å². The maximum absolute atomic E-state index is 5.88. The molecule has 0 aliphatic heterocycles. The Balaban J connectivity index is 1.49. The number of rotatable bonds is 8. The topological polar surface area (TPSA) is 23.0 Å². The number of benzene rings is 3. The smallest absolute Gasteiger partial charge is 0.182 e. The van der Waals surface area contributed by atoms with Crippen LogP contribution in [0, 0.1) is 0 Å². The lowest BCUT2D eigenvalue weighted by molar-refractivity contribution is 0.348. The van der Waals surface area contributed by atoms with Crippen LogP contribution in [0.1, 0.15) is 45.4 Å². The minimum atomic E-state index is 0.943. The number of para-hydroxylation sites is 3. The Kier molecular flexibility index (Phi) is 4.89. The van der Waals surface area contributed by atoms with E-state index in [1.54, 1.807) is 0 Å². The van der Waals surface area contributed by atoms with Crippen molar-refractivity contribution in [2.75, 3.05) is 0 Å². The molecule has 0 unspecified atom stereocenters. The highest BCUT2D eigenvalue weighted by Crippen LogP contribution is 2.32. The molecule has 0 saturated carbocycles. The van der Waals surface area contributed by atoms with Gasteiger partial charge in [0.2, 0.25) is 0 Å². The third-order valence-corrected chi connectivity index (χ3v) is 6.00. The van der Waals surface area contributed by atoms with Gasteiger partial charge >= 0.3 is 0 Å². The molecule has 0 fully saturated rings. The van der Waals surface area contributed by atoms with E-state index in [1.807, 2.05) is 16.9 Å². The van der Waals surface area contributed by atoms with Gasteiger partial charge in [-0.25, -0.2) is 0 Å². The van der Waals surface area contributed by atoms with Gasteiger partial charge in [-0.1, -0.05) is 69.4 Å². The molecule has 2 heterocycles. The second-order valence-electron chi connectivity index (χ2n) is 7.99. The van der Waals surface area contributed by atoms with Crippen LogP contribution in [0.2, 0.25) is 0 Å². The third kappa shape index (κ3) is 3.25. The van der Waals surface area contributed by atoms with Gasteiger partial charge in [-0.05, 0) is 42.8 Å². The molecule has 0 aliphatic carbocycles. The van der Waals surface area contributed by atoms with Crippen LogP contribution >= 0.6 is 0 Å². The first-order valence-corrected chi connectivity index (χ1v) is 10.9. The molecular formula is C26H28N2O. The lowest BCUT2D eigenvalue weighted by atomic mass is 10.1. The van der Waals surface area contributed by atoms with E-state index in [4.69, 9.17) is 4.52 Å². The fourth-order valence-corrected chi connectivity index (χ4v) is 4.46. The molecule has 0 radical (unpaired) electrons. The Bertz CT molecular complexity index is 1250. The van der Waals surface area contributed by atoms with Gasteiger partial charge in [-0.3, -0.25) is 0 Å². The van der Waals surface area contributed by atoms with Gasteiger partial charge in [0.25, 0.3) is 0 Å². The standard InChI is InChI=1S/C26H28N2O/c1-2-3-4-5-6-11-18-27-23-13-8-7-12-21(23)22-19-20(16-17-24(22)27)28-25-14-9-10-15-26(25)29-28/h7-10,12-17,19H,2-6,11,18H2,1H3. The van der Waals surface area contributed by atoms with Crippen molar-refractivity contribution in [3.8, 4) is 5.69 Å². The Labute approximate surface area is 171 Å². The van der Waals surface area contributed by atoms with Crippen molar-refractivity contribution in [1.82, 2.24) is 9.31 Å². The van der Waals surface area contributed by atoms with Crippen molar-refractivity contribution in [2.45, 2.75) is 52.0 Å². The summed E-state index contributed by atoms with van der Waals surface area (Å²) in [6.45, 7) is 3.36. The monoisotopic (exact) mass is 384 g/mol. The van der Waals surface area contributed by atoms with Crippen molar-refractivity contribution >= 4 is 32.9 Å². The Morgan fingerprint density at radius 2 is 1.41 bits per heavy atom. The molecule has 2 aromatic heterocycles. The molecule has 0 N–H and O–H groups in total. The molecule has 0 amide bonds. The molecule has 3 nitrogen and oxygen atoms in total. The van der Waals surface area contributed by atoms with E-state index in [9.17, 15) is 0 Å². The zero-order chi connectivity index (χ0) is 19.6. The van der Waals surface area contributed by atoms with Gasteiger partial charge < -0.3 is 9.09 Å². The fraction of sp³-hybridized carbons (Fsp3) is 0.308. The first-order valence-electron chi connectivity index (χ1n) is 10.9. The number of fused-ring (bicyclic) bond motifs is 4. The van der Waals surface area contributed by atoms with Crippen LogP contribution in [0.15, 0.2) is 71.3 Å². The average molecular weight is 385 g/mol. The maximum atomic E-state index is 5.88. The van der Waals surface area contributed by atoms with Crippen LogP contribution in [-0.2, 0) is 6.54 Å². The summed E-state index contributed by atoms with van der Waals surface area (Å²) in [5.41, 5.74) is 5.80. The molecule has 5 rings (SSSR count). The number of nitrogens with zero attached hydrogens (tertiary/aromatic N) is 2. The van der Waals surface area contributed by atoms with Crippen LogP contribution in [0.4, 0.5) is 0 Å². The highest BCUT2D eigenvalue weighted by atomic mass is 16.5. The van der Waals surface area contributed by atoms with E-state index >= 15 is 0 Å². The molecule has 0 saturated heterocycles. The minimum absolute atomic E-state index is 0.943. The quantitative estimate of drug-likeness (QED) is 0.251. The lowest BCUT2D eigenvalue weighted by Gasteiger charge is -2.14. The average Bonchev–Trinajstić information content (AvgIpc) is 3.05. The number of hydrogen-bond acceptors (Lipinski definition) is 1. The summed E-state index contributed by atoms with van der Waals surface area (Å²) in [5.74, 6) is 0. The van der Waals surface area contributed by atoms with Gasteiger partial charge in [-0.2, -0.15) is 4.74 Å². The molecule has 0 aliphatic rings. The predicted octanol–water partition coefficient (Wildman–Crippen LogP) is 7.69. The Hall–Kier alpha value is -2.94. The highest BCUT2D eigenvalue weighted by Gasteiger charge is 2.14. The first-order chi connectivity index (χ1) is 14.4. The van der Waals surface area contributed by atoms with Crippen LogP contribution < -0.4 is 0 Å². The van der Waals surface area contributed by atoms with Crippen LogP contribution in [-0.4, -0.2) is 9.31 Å². The van der Waals surface area contributed by atoms with Gasteiger partial charge in [0, 0.05) is 28.4 Å². The first kappa shape index (κ1) is 18.1. The summed E-state index contributed by atoms with van der Waals surface area (Å²) in [4.78, 5) is 0. The van der Waals surface area contributed by atoms with E-state index in [2.05, 4.69) is 66.1 Å². The van der Waals surface area contributed by atoms with Crippen molar-refractivity contribution in [1.29, 1.82) is 0 Å². The number of aromatic nitrogens is 2. The molecule has 5 aromatic rings. The summed E-state index contributed by atoms with van der Waals surface area (Å²) in [5, 5.41) is 2.63. The summed E-state index contributed by atoms with van der Waals surface area (Å²) >= 11 is 0. The van der Waals surface area contributed by atoms with E-state index in [-0.39, 0.29) is 0 Å². The van der Waals surface area contributed by atoms with Crippen molar-refractivity contribution in [2.24, 2.45) is 0 Å². The van der Waals surface area contributed by atoms with Crippen LogP contribution in [0.3, 0.4) is 0 Å². The highest BCUT2D eigenvalue weighted by molar-refractivity contribution is 6.08. The maximum Gasteiger partial charge on any atom is 0.182 e. The molecule has 29 heavy (non-hydrogen) atoms. The van der Waals surface area contributed by atoms with Crippen molar-refractivity contribution < 1.29 is 4.52 Å². The van der Waals surface area contributed by atoms with E-state index in [0.29, 0.717) is 0 Å². The number of aryl methyl sites for hydroxylation is 1. The summed E-state index contributed by atoms with van der Waals surface area (Å²) in [6, 6.07) is 23.7. The predicted molar refractivity (Wildman–Crippen MR) is 122 cm³/mol. The lowest BCUT2D eigenvalue weighted by Crippen LogP contribution is -2.02. The molecule has 148 valence electrons. The van der Waals surface area contributed by atoms with Gasteiger partial charge in [0.05, 0.1) is 5.69 Å². The SMILES string of the molecule is CCCCCCCCn1c2ccccc2c2cc(-n3oc4ccccc43)ccc21. The molecule has 0 bridgehead atoms. The number of unbranched alkanes of at least 4 members (excludes halogenated alkanes) is 5. The van der Waals surface area contributed by atoms with E-state index < -0.39 is 0 Å². The summed E-state index contributed by atoms with van der Waals surface area (Å²) in [6.07, 6.45) is 7.93. The summed E-state index contributed by atoms with van der Waals surface area (Å²) < 4.78 is 10.3. The van der Waals surface area contributed by atoms with Gasteiger partial charge in [0.1, 0.15) is 5.52 Å². The van der Waals surface area contributed by atoms with Crippen LogP contribution in [0.25, 0.3) is 38.6 Å². The number of hydrogen-bond donors (Lipinski definition) is 0. The second-order valence-corrected chi connectivity index (χ2v) is 7.99. The van der Waals surface area contributed by atoms with E-state index in [1.165, 1.54) is 60.3 Å². The normalized spacial score (nSPS) is 11.9. The van der Waals surface area contributed by atoms with Crippen molar-refractivity contribution in [3.63, 3.8) is 0 Å². The third-order valence-electron chi connectivity index (χ3n) is 6.00. The Morgan fingerprint density at radius 3 is 2.28 bits per heavy atom. The van der Waals surface area contributed by atoms with Gasteiger partial charge in [0.15, 0.2) is 5.58 Å². The largest absolute Gasteiger partial charge is 0.372 e. The molecule has 3 heteroatoms. The van der Waals surface area contributed by atoms with Crippen LogP contribution in [0.5, 0.6) is 0 Å². The second kappa shape index (κ2) is 7.82. The molecule has 0 atom stereocenters. The molecular weight excluding hydrogens is 356 g/mol. The van der Waals surface area contributed by atoms with E-state index in [0.717, 1.165) is 23.3 Å². The minimum Gasteiger partial charge on any atom is -0.372 e. The zero-order valence-corrected chi connectivity index (χ0v) is 17.1. The zero-order valence-electron chi connectivity index (χ0n) is 17.1. The molecule has 0 spiro atoms. The summed E-state index contributed by atoms with van der Waals surface area (Å²) in [7, 11) is 0. The molecule has 3 aromatic carbocycles. The van der Waals surface area contributed by atoms with Crippen molar-refractivity contribution in [3.05, 3.63) is 66.7 Å². The Morgan fingerprint density at radius 1 is 0.690 bits per heavy atom.